The summed E-state index contributed by atoms with van der Waals surface area (Å²) in [7, 11) is 0. The molecule has 0 spiro atoms. The molecular weight excluding hydrogens is 383 g/mol. The normalized spacial score (nSPS) is 16.0. The van der Waals surface area contributed by atoms with Crippen molar-refractivity contribution in [1.29, 1.82) is 0 Å². The lowest BCUT2D eigenvalue weighted by Crippen LogP contribution is -2.37. The van der Waals surface area contributed by atoms with Crippen LogP contribution in [0.2, 0.25) is 0 Å². The van der Waals surface area contributed by atoms with E-state index in [0.717, 1.165) is 24.8 Å². The van der Waals surface area contributed by atoms with Gasteiger partial charge in [-0.25, -0.2) is 9.07 Å². The lowest BCUT2D eigenvalue weighted by Gasteiger charge is -2.26. The van der Waals surface area contributed by atoms with Crippen molar-refractivity contribution < 1.29 is 9.18 Å². The smallest absolute Gasteiger partial charge is 0.291 e. The van der Waals surface area contributed by atoms with Gasteiger partial charge in [0.1, 0.15) is 23.7 Å². The van der Waals surface area contributed by atoms with E-state index in [9.17, 15) is 14.0 Å². The van der Waals surface area contributed by atoms with Gasteiger partial charge in [0, 0.05) is 5.39 Å². The van der Waals surface area contributed by atoms with Crippen LogP contribution >= 0.6 is 0 Å². The van der Waals surface area contributed by atoms with Gasteiger partial charge in [-0.15, -0.1) is 0 Å². The van der Waals surface area contributed by atoms with Crippen LogP contribution in [-0.4, -0.2) is 20.1 Å². The van der Waals surface area contributed by atoms with Crippen LogP contribution in [0, 0.1) is 12.7 Å². The Balaban J connectivity index is 1.46. The molecule has 0 radical (unpaired) electrons. The van der Waals surface area contributed by atoms with Crippen molar-refractivity contribution in [3.05, 3.63) is 81.7 Å². The second-order valence-corrected chi connectivity index (χ2v) is 7.79. The molecular formula is C23H21FN4O2. The zero-order chi connectivity index (χ0) is 20.8. The van der Waals surface area contributed by atoms with E-state index < -0.39 is 0 Å². The number of carbonyl (C=O) groups is 1. The Morgan fingerprint density at radius 2 is 2.03 bits per heavy atom. The van der Waals surface area contributed by atoms with Crippen LogP contribution in [0.1, 0.15) is 35.8 Å². The summed E-state index contributed by atoms with van der Waals surface area (Å²) >= 11 is 0. The molecule has 1 aliphatic rings. The molecule has 6 nitrogen and oxygen atoms in total. The molecule has 1 aliphatic carbocycles. The third-order valence-corrected chi connectivity index (χ3v) is 5.80. The minimum Gasteiger partial charge on any atom is -0.348 e. The molecule has 2 aromatic carbocycles. The van der Waals surface area contributed by atoms with Gasteiger partial charge in [-0.2, -0.15) is 5.10 Å². The highest BCUT2D eigenvalue weighted by Gasteiger charge is 2.22. The van der Waals surface area contributed by atoms with E-state index in [1.165, 1.54) is 22.4 Å². The molecule has 2 aromatic heterocycles. The predicted octanol–water partition coefficient (Wildman–Crippen LogP) is 3.29. The summed E-state index contributed by atoms with van der Waals surface area (Å²) in [6.45, 7) is 1.60. The molecule has 7 heteroatoms. The molecule has 2 heterocycles. The zero-order valence-corrected chi connectivity index (χ0v) is 16.6. The fourth-order valence-electron chi connectivity index (χ4n) is 4.48. The van der Waals surface area contributed by atoms with Gasteiger partial charge in [-0.1, -0.05) is 24.3 Å². The Kier molecular flexibility index (Phi) is 4.38. The fourth-order valence-corrected chi connectivity index (χ4v) is 4.48. The number of aromatic nitrogens is 3. The molecule has 0 bridgehead atoms. The summed E-state index contributed by atoms with van der Waals surface area (Å²) in [5.74, 6) is -0.0595. The maximum atomic E-state index is 13.6. The van der Waals surface area contributed by atoms with Crippen LogP contribution in [-0.2, 0) is 17.8 Å². The molecule has 0 fully saturated rings. The standard InChI is InChI=1S/C23H21FN4O2/c1-14-26-27(23(30)21-12-16-11-17(24)9-10-20(16)28(14)21)13-22(29)25-19-8-4-6-15-5-2-3-7-18(15)19/h2-3,5,7,9-12,19H,4,6,8,13H2,1H3,(H,25,29)/t19-/m1/s1. The van der Waals surface area contributed by atoms with E-state index in [-0.39, 0.29) is 29.9 Å². The number of hydrogen-bond acceptors (Lipinski definition) is 3. The highest BCUT2D eigenvalue weighted by atomic mass is 19.1. The molecule has 30 heavy (non-hydrogen) atoms. The Hall–Kier alpha value is -3.48. The number of nitrogens with zero attached hydrogens (tertiary/aromatic N) is 3. The number of fused-ring (bicyclic) bond motifs is 4. The first-order valence-corrected chi connectivity index (χ1v) is 10.1. The summed E-state index contributed by atoms with van der Waals surface area (Å²) in [5.41, 5.74) is 3.11. The quantitative estimate of drug-likeness (QED) is 0.570. The first-order chi connectivity index (χ1) is 14.5. The van der Waals surface area contributed by atoms with Crippen molar-refractivity contribution in [2.45, 2.75) is 38.8 Å². The highest BCUT2D eigenvalue weighted by molar-refractivity contribution is 5.87. The monoisotopic (exact) mass is 404 g/mol. The first kappa shape index (κ1) is 18.5. The van der Waals surface area contributed by atoms with Crippen LogP contribution in [0.5, 0.6) is 0 Å². The van der Waals surface area contributed by atoms with E-state index in [0.29, 0.717) is 22.2 Å². The van der Waals surface area contributed by atoms with Crippen molar-refractivity contribution in [2.24, 2.45) is 0 Å². The molecule has 4 aromatic rings. The summed E-state index contributed by atoms with van der Waals surface area (Å²) in [6, 6.07) is 14.1. The Morgan fingerprint density at radius 1 is 1.20 bits per heavy atom. The molecule has 0 unspecified atom stereocenters. The summed E-state index contributed by atoms with van der Waals surface area (Å²) < 4.78 is 16.5. The van der Waals surface area contributed by atoms with E-state index in [1.807, 2.05) is 18.2 Å². The Morgan fingerprint density at radius 3 is 2.90 bits per heavy atom. The number of amides is 1. The largest absolute Gasteiger partial charge is 0.348 e. The van der Waals surface area contributed by atoms with Gasteiger partial charge >= 0.3 is 0 Å². The maximum absolute atomic E-state index is 13.6. The number of benzene rings is 2. The molecule has 1 amide bonds. The van der Waals surface area contributed by atoms with Crippen molar-refractivity contribution in [1.82, 2.24) is 19.5 Å². The van der Waals surface area contributed by atoms with E-state index in [2.05, 4.69) is 16.5 Å². The molecule has 1 atom stereocenters. The molecule has 1 N–H and O–H groups in total. The predicted molar refractivity (Wildman–Crippen MR) is 112 cm³/mol. The van der Waals surface area contributed by atoms with Crippen molar-refractivity contribution in [3.8, 4) is 0 Å². The second-order valence-electron chi connectivity index (χ2n) is 7.79. The SMILES string of the molecule is Cc1nn(CC(=O)N[C@@H]2CCCc3ccccc32)c(=O)c2cc3cc(F)ccc3n12. The van der Waals surface area contributed by atoms with Gasteiger partial charge in [0.2, 0.25) is 5.91 Å². The van der Waals surface area contributed by atoms with Crippen LogP contribution in [0.3, 0.4) is 0 Å². The van der Waals surface area contributed by atoms with Crippen molar-refractivity contribution in [3.63, 3.8) is 0 Å². The third-order valence-electron chi connectivity index (χ3n) is 5.80. The van der Waals surface area contributed by atoms with Gasteiger partial charge in [0.15, 0.2) is 0 Å². The molecule has 5 rings (SSSR count). The zero-order valence-electron chi connectivity index (χ0n) is 16.6. The number of carbonyl (C=O) groups excluding carboxylic acids is 1. The lowest BCUT2D eigenvalue weighted by molar-refractivity contribution is -0.122. The lowest BCUT2D eigenvalue weighted by atomic mass is 9.88. The first-order valence-electron chi connectivity index (χ1n) is 10.1. The fraction of sp³-hybridized carbons (Fsp3) is 0.261. The third kappa shape index (κ3) is 3.07. The van der Waals surface area contributed by atoms with Crippen molar-refractivity contribution >= 4 is 22.3 Å². The van der Waals surface area contributed by atoms with Crippen LogP contribution in [0.25, 0.3) is 16.4 Å². The summed E-state index contributed by atoms with van der Waals surface area (Å²) in [6.07, 6.45) is 2.90. The number of rotatable bonds is 3. The second kappa shape index (κ2) is 7.09. The van der Waals surface area contributed by atoms with E-state index >= 15 is 0 Å². The number of hydrogen-bond donors (Lipinski definition) is 1. The van der Waals surface area contributed by atoms with Crippen LogP contribution < -0.4 is 10.9 Å². The molecule has 0 aliphatic heterocycles. The molecule has 0 saturated heterocycles. The molecule has 0 saturated carbocycles. The van der Waals surface area contributed by atoms with Gasteiger partial charge in [0.05, 0.1) is 11.6 Å². The number of aryl methyl sites for hydroxylation is 2. The van der Waals surface area contributed by atoms with Crippen molar-refractivity contribution in [2.75, 3.05) is 0 Å². The van der Waals surface area contributed by atoms with Crippen LogP contribution in [0.4, 0.5) is 4.39 Å². The average Bonchev–Trinajstić information content (AvgIpc) is 3.11. The van der Waals surface area contributed by atoms with Gasteiger partial charge < -0.3 is 5.32 Å². The van der Waals surface area contributed by atoms with Gasteiger partial charge in [-0.3, -0.25) is 14.0 Å². The average molecular weight is 404 g/mol. The minimum atomic E-state index is -0.378. The van der Waals surface area contributed by atoms with Gasteiger partial charge in [0.25, 0.3) is 5.56 Å². The Bertz CT molecular complexity index is 1350. The van der Waals surface area contributed by atoms with E-state index in [1.54, 1.807) is 23.5 Å². The van der Waals surface area contributed by atoms with Crippen LogP contribution in [0.15, 0.2) is 53.3 Å². The number of nitrogens with one attached hydrogen (secondary N) is 1. The summed E-state index contributed by atoms with van der Waals surface area (Å²) in [5, 5.41) is 8.02. The summed E-state index contributed by atoms with van der Waals surface area (Å²) in [4.78, 5) is 25.7. The topological polar surface area (TPSA) is 68.4 Å². The maximum Gasteiger partial charge on any atom is 0.291 e. The highest BCUT2D eigenvalue weighted by Crippen LogP contribution is 2.29. The number of halogens is 1. The van der Waals surface area contributed by atoms with E-state index in [4.69, 9.17) is 0 Å². The van der Waals surface area contributed by atoms with Gasteiger partial charge in [-0.05, 0) is 61.6 Å². The molecule has 152 valence electrons. The minimum absolute atomic E-state index is 0.0538. The Labute approximate surface area is 171 Å².